The summed E-state index contributed by atoms with van der Waals surface area (Å²) in [4.78, 5) is 23.7. The van der Waals surface area contributed by atoms with Crippen LogP contribution in [0.4, 0.5) is 4.39 Å². The van der Waals surface area contributed by atoms with Gasteiger partial charge in [-0.25, -0.2) is 4.39 Å². The number of amides is 1. The maximum atomic E-state index is 13.9. The molecule has 1 aromatic rings. The summed E-state index contributed by atoms with van der Waals surface area (Å²) >= 11 is 0. The normalized spacial score (nSPS) is 12.3. The Balaban J connectivity index is 0.00000301. The van der Waals surface area contributed by atoms with Gasteiger partial charge in [0.25, 0.3) is 0 Å². The van der Waals surface area contributed by atoms with Crippen molar-refractivity contribution in [2.45, 2.75) is 32.9 Å². The van der Waals surface area contributed by atoms with Crippen LogP contribution >= 0.6 is 0 Å². The first kappa shape index (κ1) is 23.8. The molecule has 148 valence electrons. The third-order valence-corrected chi connectivity index (χ3v) is 3.51. The molecule has 0 saturated heterocycles. The van der Waals surface area contributed by atoms with Gasteiger partial charge in [0, 0.05) is 19.2 Å². The number of benzene rings is 1. The minimum atomic E-state index is -1.18. The van der Waals surface area contributed by atoms with E-state index in [0.717, 1.165) is 0 Å². The molecule has 0 heterocycles. The summed E-state index contributed by atoms with van der Waals surface area (Å²) in [6.07, 6.45) is 0. The Morgan fingerprint density at radius 1 is 1.19 bits per heavy atom. The number of nitrogens with one attached hydrogen (secondary N) is 2. The summed E-state index contributed by atoms with van der Waals surface area (Å²) in [7, 11) is 4.11. The van der Waals surface area contributed by atoms with Gasteiger partial charge in [-0.15, -0.1) is 0 Å². The molecule has 0 aromatic heterocycles. The van der Waals surface area contributed by atoms with E-state index in [1.807, 2.05) is 13.8 Å². The lowest BCUT2D eigenvalue weighted by Crippen LogP contribution is -2.58. The number of carbonyl (C=O) groups excluding carboxylic acids is 2. The van der Waals surface area contributed by atoms with E-state index >= 15 is 0 Å². The topological polar surface area (TPSA) is 85.9 Å². The molecule has 0 aliphatic carbocycles. The highest BCUT2D eigenvalue weighted by atomic mass is 19.1. The van der Waals surface area contributed by atoms with Crippen LogP contribution < -0.4 is 15.4 Å². The molecular weight excluding hydrogens is 343 g/mol. The first-order valence-electron chi connectivity index (χ1n) is 8.28. The van der Waals surface area contributed by atoms with Crippen LogP contribution in [0.2, 0.25) is 0 Å². The second-order valence-electron chi connectivity index (χ2n) is 5.30. The van der Waals surface area contributed by atoms with Crippen LogP contribution in [-0.2, 0) is 25.6 Å². The molecule has 0 bridgehead atoms. The van der Waals surface area contributed by atoms with Gasteiger partial charge >= 0.3 is 5.97 Å². The van der Waals surface area contributed by atoms with Crippen LogP contribution in [0, 0.1) is 5.82 Å². The zero-order valence-corrected chi connectivity index (χ0v) is 16.3. The number of hydrogen-bond acceptors (Lipinski definition) is 6. The lowest BCUT2D eigenvalue weighted by atomic mass is 10.0. The maximum absolute atomic E-state index is 13.9. The third-order valence-electron chi connectivity index (χ3n) is 3.51. The molecule has 8 heteroatoms. The van der Waals surface area contributed by atoms with Crippen LogP contribution in [0.25, 0.3) is 0 Å². The molecule has 0 spiro atoms. The van der Waals surface area contributed by atoms with Crippen LogP contribution in [0.15, 0.2) is 18.2 Å². The van der Waals surface area contributed by atoms with Gasteiger partial charge in [-0.1, -0.05) is 19.9 Å². The van der Waals surface area contributed by atoms with Crippen molar-refractivity contribution < 1.29 is 28.2 Å². The molecule has 1 amide bonds. The molecule has 26 heavy (non-hydrogen) atoms. The van der Waals surface area contributed by atoms with E-state index in [-0.39, 0.29) is 25.3 Å². The van der Waals surface area contributed by atoms with Gasteiger partial charge in [0.15, 0.2) is 0 Å². The van der Waals surface area contributed by atoms with Gasteiger partial charge in [-0.05, 0) is 19.1 Å². The molecule has 0 fully saturated rings. The van der Waals surface area contributed by atoms with E-state index in [9.17, 15) is 14.0 Å². The van der Waals surface area contributed by atoms with Gasteiger partial charge in [0.05, 0.1) is 27.4 Å². The Hall–Kier alpha value is -2.19. The van der Waals surface area contributed by atoms with Crippen molar-refractivity contribution in [3.8, 4) is 5.75 Å². The van der Waals surface area contributed by atoms with E-state index in [4.69, 9.17) is 9.47 Å². The average Bonchev–Trinajstić information content (AvgIpc) is 2.66. The molecule has 1 aromatic carbocycles. The minimum Gasteiger partial charge on any atom is -0.496 e. The molecule has 0 saturated carbocycles. The fourth-order valence-corrected chi connectivity index (χ4v) is 2.09. The highest BCUT2D eigenvalue weighted by molar-refractivity contribution is 5.86. The molecule has 1 atom stereocenters. The van der Waals surface area contributed by atoms with Crippen molar-refractivity contribution in [3.63, 3.8) is 0 Å². The van der Waals surface area contributed by atoms with Gasteiger partial charge in [-0.3, -0.25) is 14.9 Å². The first-order valence-corrected chi connectivity index (χ1v) is 8.28. The van der Waals surface area contributed by atoms with Crippen molar-refractivity contribution in [2.75, 3.05) is 34.5 Å². The summed E-state index contributed by atoms with van der Waals surface area (Å²) < 4.78 is 28.6. The Kier molecular flexibility index (Phi) is 11.2. The van der Waals surface area contributed by atoms with Crippen molar-refractivity contribution in [1.29, 1.82) is 0 Å². The summed E-state index contributed by atoms with van der Waals surface area (Å²) in [5, 5.41) is 5.42. The standard InChI is InChI=1S/C16H23FN2O5.C2H6/c1-16(10-22-2,19-9-14(20)24-4)15(21)18-8-11-12(17)6-5-7-13(11)23-3;1-2/h5-7,19H,8-10H2,1-4H3,(H,18,21);1-2H3. The van der Waals surface area contributed by atoms with E-state index in [1.54, 1.807) is 13.0 Å². The van der Waals surface area contributed by atoms with Gasteiger partial charge < -0.3 is 19.5 Å². The second-order valence-corrected chi connectivity index (χ2v) is 5.30. The number of ether oxygens (including phenoxy) is 3. The highest BCUT2D eigenvalue weighted by Gasteiger charge is 2.33. The highest BCUT2D eigenvalue weighted by Crippen LogP contribution is 2.21. The SMILES string of the molecule is CC.COCC(C)(NCC(=O)OC)C(=O)NCc1c(F)cccc1OC. The Bertz CT molecular complexity index is 583. The van der Waals surface area contributed by atoms with Crippen LogP contribution in [0.5, 0.6) is 5.75 Å². The summed E-state index contributed by atoms with van der Waals surface area (Å²) in [6.45, 7) is 5.37. The van der Waals surface area contributed by atoms with Crippen LogP contribution in [0.3, 0.4) is 0 Å². The van der Waals surface area contributed by atoms with Crippen molar-refractivity contribution >= 4 is 11.9 Å². The Morgan fingerprint density at radius 3 is 2.38 bits per heavy atom. The molecule has 1 rings (SSSR count). The summed E-state index contributed by atoms with van der Waals surface area (Å²) in [5.41, 5.74) is -0.942. The first-order chi connectivity index (χ1) is 12.4. The number of esters is 1. The number of methoxy groups -OCH3 is 3. The summed E-state index contributed by atoms with van der Waals surface area (Å²) in [6, 6.07) is 4.41. The summed E-state index contributed by atoms with van der Waals surface area (Å²) in [5.74, 6) is -1.10. The Morgan fingerprint density at radius 2 is 1.85 bits per heavy atom. The minimum absolute atomic E-state index is 0.0181. The zero-order chi connectivity index (χ0) is 20.2. The lowest BCUT2D eigenvalue weighted by Gasteiger charge is -2.28. The fourth-order valence-electron chi connectivity index (χ4n) is 2.09. The molecular formula is C18H29FN2O5. The van der Waals surface area contributed by atoms with Gasteiger partial charge in [0.1, 0.15) is 17.1 Å². The van der Waals surface area contributed by atoms with E-state index in [0.29, 0.717) is 5.75 Å². The lowest BCUT2D eigenvalue weighted by molar-refractivity contribution is -0.140. The second kappa shape index (κ2) is 12.2. The van der Waals surface area contributed by atoms with Crippen molar-refractivity contribution in [2.24, 2.45) is 0 Å². The molecule has 0 aliphatic rings. The smallest absolute Gasteiger partial charge is 0.319 e. The molecule has 0 aliphatic heterocycles. The zero-order valence-electron chi connectivity index (χ0n) is 16.3. The molecule has 2 N–H and O–H groups in total. The van der Waals surface area contributed by atoms with Crippen molar-refractivity contribution in [1.82, 2.24) is 10.6 Å². The largest absolute Gasteiger partial charge is 0.496 e. The fraction of sp³-hybridized carbons (Fsp3) is 0.556. The molecule has 7 nitrogen and oxygen atoms in total. The predicted molar refractivity (Wildman–Crippen MR) is 96.4 cm³/mol. The van der Waals surface area contributed by atoms with E-state index in [1.165, 1.54) is 33.5 Å². The third kappa shape index (κ3) is 6.97. The average molecular weight is 372 g/mol. The van der Waals surface area contributed by atoms with Gasteiger partial charge in [0.2, 0.25) is 5.91 Å². The van der Waals surface area contributed by atoms with Crippen molar-refractivity contribution in [3.05, 3.63) is 29.6 Å². The number of halogens is 1. The Labute approximate surface area is 154 Å². The van der Waals surface area contributed by atoms with Gasteiger partial charge in [-0.2, -0.15) is 0 Å². The quantitative estimate of drug-likeness (QED) is 0.641. The van der Waals surface area contributed by atoms with E-state index in [2.05, 4.69) is 15.4 Å². The molecule has 1 unspecified atom stereocenters. The number of rotatable bonds is 9. The number of carbonyl (C=O) groups is 2. The van der Waals surface area contributed by atoms with Crippen LogP contribution in [-0.4, -0.2) is 51.9 Å². The molecule has 0 radical (unpaired) electrons. The number of hydrogen-bond donors (Lipinski definition) is 2. The van der Waals surface area contributed by atoms with E-state index < -0.39 is 23.2 Å². The predicted octanol–water partition coefficient (Wildman–Crippen LogP) is 1.64. The van der Waals surface area contributed by atoms with Crippen LogP contribution in [0.1, 0.15) is 26.3 Å². The monoisotopic (exact) mass is 372 g/mol. The maximum Gasteiger partial charge on any atom is 0.319 e.